The monoisotopic (exact) mass is 345 g/mol. The van der Waals surface area contributed by atoms with E-state index in [0.717, 1.165) is 16.8 Å². The van der Waals surface area contributed by atoms with Gasteiger partial charge in [0.05, 0.1) is 5.69 Å². The Morgan fingerprint density at radius 2 is 1.88 bits per heavy atom. The van der Waals surface area contributed by atoms with E-state index in [0.29, 0.717) is 5.82 Å². The van der Waals surface area contributed by atoms with Crippen LogP contribution in [0.1, 0.15) is 33.3 Å². The van der Waals surface area contributed by atoms with Crippen LogP contribution in [-0.4, -0.2) is 38.8 Å². The van der Waals surface area contributed by atoms with Crippen molar-refractivity contribution in [1.82, 2.24) is 20.5 Å². The summed E-state index contributed by atoms with van der Waals surface area (Å²) in [5, 5.41) is 12.2. The van der Waals surface area contributed by atoms with Crippen LogP contribution in [0.4, 0.5) is 10.6 Å². The molecule has 0 aliphatic rings. The number of ether oxygens (including phenoxy) is 1. The third kappa shape index (κ3) is 5.03. The summed E-state index contributed by atoms with van der Waals surface area (Å²) in [6, 6.07) is 2.92. The molecule has 8 nitrogen and oxygen atoms in total. The van der Waals surface area contributed by atoms with E-state index in [4.69, 9.17) is 4.74 Å². The molecule has 3 N–H and O–H groups in total. The first-order valence-electron chi connectivity index (χ1n) is 7.93. The van der Waals surface area contributed by atoms with Crippen molar-refractivity contribution in [2.75, 3.05) is 5.32 Å². The Bertz CT molecular complexity index is 749. The molecule has 0 aliphatic heterocycles. The number of alkyl carbamates (subject to hydrolysis) is 1. The van der Waals surface area contributed by atoms with Crippen LogP contribution in [0.5, 0.6) is 0 Å². The van der Waals surface area contributed by atoms with Gasteiger partial charge in [0, 0.05) is 23.5 Å². The number of aromatic amines is 1. The van der Waals surface area contributed by atoms with E-state index in [-0.39, 0.29) is 5.91 Å². The predicted molar refractivity (Wildman–Crippen MR) is 94.0 cm³/mol. The molecule has 0 saturated carbocycles. The van der Waals surface area contributed by atoms with Crippen molar-refractivity contribution in [2.24, 2.45) is 0 Å². The fraction of sp³-hybridized carbons (Fsp3) is 0.412. The molecule has 0 aliphatic carbocycles. The molecule has 0 fully saturated rings. The molecule has 2 aromatic heterocycles. The number of anilines is 1. The molecule has 2 aromatic rings. The van der Waals surface area contributed by atoms with Crippen molar-refractivity contribution in [2.45, 2.75) is 46.3 Å². The highest BCUT2D eigenvalue weighted by Gasteiger charge is 2.22. The van der Waals surface area contributed by atoms with Crippen LogP contribution in [0.15, 0.2) is 24.5 Å². The number of nitrogens with zero attached hydrogens (tertiary/aromatic N) is 2. The fourth-order valence-corrected chi connectivity index (χ4v) is 2.09. The predicted octanol–water partition coefficient (Wildman–Crippen LogP) is 2.63. The number of aromatic nitrogens is 3. The third-order valence-electron chi connectivity index (χ3n) is 3.35. The van der Waals surface area contributed by atoms with Crippen LogP contribution in [0.25, 0.3) is 11.3 Å². The minimum absolute atomic E-state index is 0.387. The summed E-state index contributed by atoms with van der Waals surface area (Å²) >= 11 is 0. The van der Waals surface area contributed by atoms with Gasteiger partial charge in [-0.25, -0.2) is 4.79 Å². The van der Waals surface area contributed by atoms with Gasteiger partial charge in [-0.3, -0.25) is 14.9 Å². The summed E-state index contributed by atoms with van der Waals surface area (Å²) in [4.78, 5) is 28.0. The first-order valence-corrected chi connectivity index (χ1v) is 7.93. The van der Waals surface area contributed by atoms with Gasteiger partial charge in [0.2, 0.25) is 5.91 Å². The Morgan fingerprint density at radius 3 is 2.48 bits per heavy atom. The summed E-state index contributed by atoms with van der Waals surface area (Å²) in [6.07, 6.45) is 2.72. The maximum absolute atomic E-state index is 12.3. The van der Waals surface area contributed by atoms with E-state index >= 15 is 0 Å². The Balaban J connectivity index is 2.01. The highest BCUT2D eigenvalue weighted by molar-refractivity contribution is 5.96. The second kappa shape index (κ2) is 7.33. The molecule has 25 heavy (non-hydrogen) atoms. The normalized spacial score (nSPS) is 12.4. The standard InChI is InChI=1S/C17H23N5O3/c1-10-13(12-6-8-18-9-7-12)21-22-14(10)20-15(23)11(2)19-16(24)25-17(3,4)5/h6-9,11H,1-5H3,(H,19,24)(H2,20,21,22,23)/t11-/m1/s1. The quantitative estimate of drug-likeness (QED) is 0.789. The van der Waals surface area contributed by atoms with E-state index in [1.54, 1.807) is 40.1 Å². The van der Waals surface area contributed by atoms with E-state index in [2.05, 4.69) is 25.8 Å². The van der Waals surface area contributed by atoms with Gasteiger partial charge in [-0.1, -0.05) is 0 Å². The smallest absolute Gasteiger partial charge is 0.408 e. The van der Waals surface area contributed by atoms with Gasteiger partial charge in [-0.05, 0) is 46.8 Å². The van der Waals surface area contributed by atoms with Crippen LogP contribution >= 0.6 is 0 Å². The molecule has 1 atom stereocenters. The lowest BCUT2D eigenvalue weighted by Gasteiger charge is -2.21. The number of carbonyl (C=O) groups excluding carboxylic acids is 2. The largest absolute Gasteiger partial charge is 0.444 e. The number of rotatable bonds is 4. The van der Waals surface area contributed by atoms with Gasteiger partial charge in [-0.2, -0.15) is 5.10 Å². The van der Waals surface area contributed by atoms with Gasteiger partial charge < -0.3 is 15.4 Å². The second-order valence-corrected chi connectivity index (χ2v) is 6.67. The Labute approximate surface area is 146 Å². The molecule has 0 saturated heterocycles. The minimum atomic E-state index is -0.768. The zero-order valence-electron chi connectivity index (χ0n) is 15.0. The summed E-state index contributed by atoms with van der Waals surface area (Å²) < 4.78 is 5.14. The number of H-pyrrole nitrogens is 1. The van der Waals surface area contributed by atoms with E-state index in [9.17, 15) is 9.59 Å². The van der Waals surface area contributed by atoms with Crippen molar-refractivity contribution in [1.29, 1.82) is 0 Å². The van der Waals surface area contributed by atoms with Crippen molar-refractivity contribution in [3.05, 3.63) is 30.1 Å². The molecule has 8 heteroatoms. The molecule has 0 aromatic carbocycles. The summed E-state index contributed by atoms with van der Waals surface area (Å²) in [7, 11) is 0. The van der Waals surface area contributed by atoms with E-state index in [1.165, 1.54) is 0 Å². The fourth-order valence-electron chi connectivity index (χ4n) is 2.09. The highest BCUT2D eigenvalue weighted by Crippen LogP contribution is 2.25. The van der Waals surface area contributed by atoms with Crippen molar-refractivity contribution >= 4 is 17.8 Å². The van der Waals surface area contributed by atoms with Crippen molar-refractivity contribution in [3.8, 4) is 11.3 Å². The Morgan fingerprint density at radius 1 is 1.24 bits per heavy atom. The van der Waals surface area contributed by atoms with Gasteiger partial charge in [-0.15, -0.1) is 0 Å². The van der Waals surface area contributed by atoms with Crippen LogP contribution < -0.4 is 10.6 Å². The van der Waals surface area contributed by atoms with Gasteiger partial charge in [0.1, 0.15) is 11.6 Å². The van der Waals surface area contributed by atoms with Crippen molar-refractivity contribution in [3.63, 3.8) is 0 Å². The lowest BCUT2D eigenvalue weighted by atomic mass is 10.1. The van der Waals surface area contributed by atoms with Crippen LogP contribution in [0.2, 0.25) is 0 Å². The number of carbonyl (C=O) groups is 2. The lowest BCUT2D eigenvalue weighted by molar-refractivity contribution is -0.117. The molecule has 2 amide bonds. The minimum Gasteiger partial charge on any atom is -0.444 e. The zero-order chi connectivity index (χ0) is 18.6. The molecule has 134 valence electrons. The molecule has 0 unspecified atom stereocenters. The summed E-state index contributed by atoms with van der Waals surface area (Å²) in [5.41, 5.74) is 1.88. The number of hydrogen-bond acceptors (Lipinski definition) is 5. The molecule has 2 heterocycles. The maximum Gasteiger partial charge on any atom is 0.408 e. The number of nitrogens with one attached hydrogen (secondary N) is 3. The Hall–Kier alpha value is -2.90. The van der Waals surface area contributed by atoms with Crippen molar-refractivity contribution < 1.29 is 14.3 Å². The first kappa shape index (κ1) is 18.4. The Kier molecular flexibility index (Phi) is 5.41. The molecule has 0 radical (unpaired) electrons. The molecule has 2 rings (SSSR count). The van der Waals surface area contributed by atoms with Crippen LogP contribution in [0.3, 0.4) is 0 Å². The SMILES string of the molecule is Cc1c(NC(=O)[C@@H](C)NC(=O)OC(C)(C)C)n[nH]c1-c1ccncc1. The van der Waals surface area contributed by atoms with Crippen LogP contribution in [0, 0.1) is 6.92 Å². The zero-order valence-corrected chi connectivity index (χ0v) is 15.0. The van der Waals surface area contributed by atoms with Gasteiger partial charge >= 0.3 is 6.09 Å². The average molecular weight is 345 g/mol. The van der Waals surface area contributed by atoms with Gasteiger partial charge in [0.25, 0.3) is 0 Å². The van der Waals surface area contributed by atoms with E-state index < -0.39 is 17.7 Å². The van der Waals surface area contributed by atoms with Gasteiger partial charge in [0.15, 0.2) is 5.82 Å². The highest BCUT2D eigenvalue weighted by atomic mass is 16.6. The first-order chi connectivity index (χ1) is 11.7. The molecule has 0 bridgehead atoms. The summed E-state index contributed by atoms with van der Waals surface area (Å²) in [6.45, 7) is 8.69. The van der Waals surface area contributed by atoms with Crippen LogP contribution in [-0.2, 0) is 9.53 Å². The maximum atomic E-state index is 12.3. The second-order valence-electron chi connectivity index (χ2n) is 6.67. The average Bonchev–Trinajstić information content (AvgIpc) is 2.87. The topological polar surface area (TPSA) is 109 Å². The molecule has 0 spiro atoms. The number of amides is 2. The molecular weight excluding hydrogens is 322 g/mol. The summed E-state index contributed by atoms with van der Waals surface area (Å²) in [5.74, 6) is 0.0244. The third-order valence-corrected chi connectivity index (χ3v) is 3.35. The lowest BCUT2D eigenvalue weighted by Crippen LogP contribution is -2.44. The molecular formula is C17H23N5O3. The van der Waals surface area contributed by atoms with E-state index in [1.807, 2.05) is 19.1 Å². The number of hydrogen-bond donors (Lipinski definition) is 3. The number of pyridine rings is 1.